The van der Waals surface area contributed by atoms with Gasteiger partial charge in [-0.2, -0.15) is 0 Å². The number of carboxylic acids is 1. The highest BCUT2D eigenvalue weighted by atomic mass is 19.1. The van der Waals surface area contributed by atoms with Crippen molar-refractivity contribution in [3.05, 3.63) is 23.3 Å². The Balaban J connectivity index is 2.41. The van der Waals surface area contributed by atoms with Crippen LogP contribution in [0.3, 0.4) is 0 Å². The Bertz CT molecular complexity index is 524. The number of alkyl halides is 1. The van der Waals surface area contributed by atoms with E-state index in [9.17, 15) is 9.18 Å². The van der Waals surface area contributed by atoms with Gasteiger partial charge in [0, 0.05) is 24.6 Å². The molecule has 1 aromatic carbocycles. The van der Waals surface area contributed by atoms with Crippen LogP contribution in [0.15, 0.2) is 17.1 Å². The fourth-order valence-corrected chi connectivity index (χ4v) is 1.46. The number of hydrogen-bond donors (Lipinski definition) is 2. The molecule has 0 saturated heterocycles. The summed E-state index contributed by atoms with van der Waals surface area (Å²) < 4.78 is 18.4. The Hall–Kier alpha value is -2.11. The first-order chi connectivity index (χ1) is 8.45. The van der Waals surface area contributed by atoms with Crippen molar-refractivity contribution in [2.75, 3.05) is 12.8 Å². The third-order valence-electron chi connectivity index (χ3n) is 2.74. The minimum absolute atomic E-state index is 0.0196. The van der Waals surface area contributed by atoms with Crippen LogP contribution in [0.25, 0.3) is 0 Å². The summed E-state index contributed by atoms with van der Waals surface area (Å²) >= 11 is 0. The summed E-state index contributed by atoms with van der Waals surface area (Å²) in [6.45, 7) is 0. The summed E-state index contributed by atoms with van der Waals surface area (Å²) in [7, 11) is 1.38. The zero-order chi connectivity index (χ0) is 13.3. The van der Waals surface area contributed by atoms with Gasteiger partial charge in [-0.3, -0.25) is 4.99 Å². The molecule has 1 aliphatic rings. The van der Waals surface area contributed by atoms with E-state index >= 15 is 0 Å². The van der Waals surface area contributed by atoms with E-state index in [-0.39, 0.29) is 17.0 Å². The lowest BCUT2D eigenvalue weighted by Crippen LogP contribution is -2.04. The molecule has 0 atom stereocenters. The molecule has 3 N–H and O–H groups in total. The summed E-state index contributed by atoms with van der Waals surface area (Å²) in [5.41, 5.74) is 6.39. The number of anilines is 1. The molecule has 0 aromatic heterocycles. The van der Waals surface area contributed by atoms with E-state index in [0.29, 0.717) is 18.4 Å². The van der Waals surface area contributed by atoms with Crippen LogP contribution in [0.5, 0.6) is 5.75 Å². The van der Waals surface area contributed by atoms with Gasteiger partial charge in [-0.25, -0.2) is 9.18 Å². The molecule has 1 aromatic rings. The maximum absolute atomic E-state index is 13.4. The van der Waals surface area contributed by atoms with E-state index in [1.54, 1.807) is 0 Å². The number of nitrogen functional groups attached to an aromatic ring is 1. The van der Waals surface area contributed by atoms with Crippen LogP contribution >= 0.6 is 0 Å². The lowest BCUT2D eigenvalue weighted by Gasteiger charge is -2.09. The standard InChI is InChI=1S/C12H13FN2O3/c1-18-9-5-7(11(16)17)4-8(10(9)14)6-15-12(13)2-3-12/h4-6H,2-3,14H2,1H3,(H,16,17)/b15-6+. The summed E-state index contributed by atoms with van der Waals surface area (Å²) in [6.07, 6.45) is 2.04. The van der Waals surface area contributed by atoms with Gasteiger partial charge in [0.1, 0.15) is 5.75 Å². The highest BCUT2D eigenvalue weighted by molar-refractivity contribution is 5.96. The molecular weight excluding hydrogens is 239 g/mol. The van der Waals surface area contributed by atoms with Gasteiger partial charge in [0.05, 0.1) is 18.4 Å². The molecule has 6 heteroatoms. The fourth-order valence-electron chi connectivity index (χ4n) is 1.46. The van der Waals surface area contributed by atoms with Crippen molar-refractivity contribution in [3.8, 4) is 5.75 Å². The lowest BCUT2D eigenvalue weighted by atomic mass is 10.1. The number of carboxylic acid groups (broad SMARTS) is 1. The van der Waals surface area contributed by atoms with Crippen LogP contribution in [-0.2, 0) is 0 Å². The number of nitrogens with two attached hydrogens (primary N) is 1. The fraction of sp³-hybridized carbons (Fsp3) is 0.333. The molecule has 0 heterocycles. The van der Waals surface area contributed by atoms with E-state index in [1.165, 1.54) is 25.5 Å². The number of aromatic carboxylic acids is 1. The van der Waals surface area contributed by atoms with Gasteiger partial charge in [0.25, 0.3) is 0 Å². The summed E-state index contributed by atoms with van der Waals surface area (Å²) in [6, 6.07) is 2.66. The van der Waals surface area contributed by atoms with Crippen molar-refractivity contribution in [2.45, 2.75) is 18.6 Å². The number of methoxy groups -OCH3 is 1. The molecule has 0 amide bonds. The van der Waals surface area contributed by atoms with Gasteiger partial charge >= 0.3 is 5.97 Å². The van der Waals surface area contributed by atoms with Gasteiger partial charge in [0.2, 0.25) is 0 Å². The van der Waals surface area contributed by atoms with Crippen LogP contribution in [0.2, 0.25) is 0 Å². The van der Waals surface area contributed by atoms with Crippen molar-refractivity contribution < 1.29 is 19.0 Å². The van der Waals surface area contributed by atoms with E-state index in [4.69, 9.17) is 15.6 Å². The Morgan fingerprint density at radius 3 is 2.78 bits per heavy atom. The van der Waals surface area contributed by atoms with E-state index in [1.807, 2.05) is 0 Å². The number of nitrogens with zero attached hydrogens (tertiary/aromatic N) is 1. The molecule has 18 heavy (non-hydrogen) atoms. The molecule has 1 aliphatic carbocycles. The van der Waals surface area contributed by atoms with Crippen molar-refractivity contribution >= 4 is 17.9 Å². The molecule has 0 spiro atoms. The molecule has 5 nitrogen and oxygen atoms in total. The second-order valence-corrected chi connectivity index (χ2v) is 4.16. The summed E-state index contributed by atoms with van der Waals surface area (Å²) in [5.74, 6) is -2.37. The normalized spacial score (nSPS) is 16.8. The average molecular weight is 252 g/mol. The monoisotopic (exact) mass is 252 g/mol. The van der Waals surface area contributed by atoms with Gasteiger partial charge in [-0.05, 0) is 12.1 Å². The summed E-state index contributed by atoms with van der Waals surface area (Å²) in [5, 5.41) is 8.95. The molecule has 0 unspecified atom stereocenters. The Morgan fingerprint density at radius 1 is 1.61 bits per heavy atom. The highest BCUT2D eigenvalue weighted by Gasteiger charge is 2.42. The largest absolute Gasteiger partial charge is 0.495 e. The van der Waals surface area contributed by atoms with Gasteiger partial charge in [-0.15, -0.1) is 0 Å². The number of rotatable bonds is 4. The average Bonchev–Trinajstić information content (AvgIpc) is 3.06. The SMILES string of the molecule is COc1cc(C(=O)O)cc(/C=N/C2(F)CC2)c1N. The first kappa shape index (κ1) is 12.3. The van der Waals surface area contributed by atoms with Crippen LogP contribution < -0.4 is 10.5 Å². The van der Waals surface area contributed by atoms with Crippen LogP contribution in [0, 0.1) is 0 Å². The molecule has 2 rings (SSSR count). The maximum atomic E-state index is 13.4. The van der Waals surface area contributed by atoms with Crippen LogP contribution in [-0.4, -0.2) is 30.2 Å². The van der Waals surface area contributed by atoms with Crippen molar-refractivity contribution in [1.29, 1.82) is 0 Å². The molecule has 0 aliphatic heterocycles. The van der Waals surface area contributed by atoms with E-state index < -0.39 is 11.8 Å². The van der Waals surface area contributed by atoms with E-state index in [0.717, 1.165) is 0 Å². The molecule has 1 fully saturated rings. The predicted octanol–water partition coefficient (Wildman–Crippen LogP) is 1.85. The highest BCUT2D eigenvalue weighted by Crippen LogP contribution is 2.41. The van der Waals surface area contributed by atoms with Gasteiger partial charge < -0.3 is 15.6 Å². The minimum atomic E-state index is -1.50. The first-order valence-electron chi connectivity index (χ1n) is 5.40. The number of hydrogen-bond acceptors (Lipinski definition) is 4. The molecular formula is C12H13FN2O3. The van der Waals surface area contributed by atoms with Crippen LogP contribution in [0.1, 0.15) is 28.8 Å². The molecule has 0 radical (unpaired) electrons. The zero-order valence-electron chi connectivity index (χ0n) is 9.81. The summed E-state index contributed by atoms with van der Waals surface area (Å²) in [4.78, 5) is 14.7. The first-order valence-corrected chi connectivity index (χ1v) is 5.40. The third-order valence-corrected chi connectivity index (χ3v) is 2.74. The smallest absolute Gasteiger partial charge is 0.335 e. The lowest BCUT2D eigenvalue weighted by molar-refractivity contribution is 0.0696. The van der Waals surface area contributed by atoms with Crippen molar-refractivity contribution in [1.82, 2.24) is 0 Å². The van der Waals surface area contributed by atoms with Gasteiger partial charge in [-0.1, -0.05) is 0 Å². The zero-order valence-corrected chi connectivity index (χ0v) is 9.81. The van der Waals surface area contributed by atoms with E-state index in [2.05, 4.69) is 4.99 Å². The quantitative estimate of drug-likeness (QED) is 0.486. The number of halogens is 1. The number of carbonyl (C=O) groups is 1. The predicted molar refractivity (Wildman–Crippen MR) is 65.0 cm³/mol. The Kier molecular flexibility index (Phi) is 2.94. The van der Waals surface area contributed by atoms with Crippen LogP contribution in [0.4, 0.5) is 10.1 Å². The number of ether oxygens (including phenoxy) is 1. The second-order valence-electron chi connectivity index (χ2n) is 4.16. The number of benzene rings is 1. The topological polar surface area (TPSA) is 84.9 Å². The molecule has 1 saturated carbocycles. The van der Waals surface area contributed by atoms with Gasteiger partial charge in [0.15, 0.2) is 5.79 Å². The van der Waals surface area contributed by atoms with Crippen molar-refractivity contribution in [3.63, 3.8) is 0 Å². The Morgan fingerprint density at radius 2 is 2.28 bits per heavy atom. The molecule has 0 bridgehead atoms. The third kappa shape index (κ3) is 2.42. The second kappa shape index (κ2) is 4.29. The maximum Gasteiger partial charge on any atom is 0.335 e. The minimum Gasteiger partial charge on any atom is -0.495 e. The van der Waals surface area contributed by atoms with Crippen molar-refractivity contribution in [2.24, 2.45) is 4.99 Å². The Labute approximate surface area is 103 Å². The number of aliphatic imine (C=N–C) groups is 1. The molecule has 96 valence electrons.